The van der Waals surface area contributed by atoms with E-state index in [0.29, 0.717) is 33.6 Å². The van der Waals surface area contributed by atoms with Gasteiger partial charge in [0, 0.05) is 18.4 Å². The van der Waals surface area contributed by atoms with Crippen LogP contribution in [-0.4, -0.2) is 31.6 Å². The topological polar surface area (TPSA) is 115 Å². The lowest BCUT2D eigenvalue weighted by Gasteiger charge is -2.11. The number of hydrogen-bond acceptors (Lipinski definition) is 6. The fraction of sp³-hybridized carbons (Fsp3) is 0.150. The third kappa shape index (κ3) is 3.57. The predicted molar refractivity (Wildman–Crippen MR) is 105 cm³/mol. The first-order valence-electron chi connectivity index (χ1n) is 8.97. The number of pyridine rings is 2. The summed E-state index contributed by atoms with van der Waals surface area (Å²) in [5.74, 6) is -0.441. The van der Waals surface area contributed by atoms with Crippen LogP contribution in [0.4, 0.5) is 0 Å². The highest BCUT2D eigenvalue weighted by Gasteiger charge is 2.20. The summed E-state index contributed by atoms with van der Waals surface area (Å²) in [5.41, 5.74) is 6.53. The van der Waals surface area contributed by atoms with Crippen LogP contribution in [0, 0.1) is 0 Å². The number of fused-ring (bicyclic) bond motifs is 1. The van der Waals surface area contributed by atoms with Crippen LogP contribution in [0.2, 0.25) is 0 Å². The standard InChI is InChI=1S/C20H18N6O3/c1-12(2)26-18-15(11-22-26)14(9-16(23-18)17-6-4-8-29-17)20(28)25-24-19(27)13-5-3-7-21-10-13/h3-12H,1-2H3,(H,24,27)(H,25,28). The second-order valence-corrected chi connectivity index (χ2v) is 6.60. The van der Waals surface area contributed by atoms with Crippen molar-refractivity contribution in [3.8, 4) is 11.5 Å². The summed E-state index contributed by atoms with van der Waals surface area (Å²) < 4.78 is 7.16. The van der Waals surface area contributed by atoms with E-state index >= 15 is 0 Å². The Labute approximate surface area is 165 Å². The van der Waals surface area contributed by atoms with Gasteiger partial charge in [-0.2, -0.15) is 5.10 Å². The first-order valence-corrected chi connectivity index (χ1v) is 8.97. The Hall–Kier alpha value is -4.01. The summed E-state index contributed by atoms with van der Waals surface area (Å²) in [5, 5.41) is 4.92. The van der Waals surface area contributed by atoms with E-state index in [-0.39, 0.29) is 6.04 Å². The smallest absolute Gasteiger partial charge is 0.271 e. The third-order valence-electron chi connectivity index (χ3n) is 4.29. The second kappa shape index (κ2) is 7.55. The number of amides is 2. The lowest BCUT2D eigenvalue weighted by molar-refractivity contribution is 0.0847. The molecule has 4 heterocycles. The third-order valence-corrected chi connectivity index (χ3v) is 4.29. The number of nitrogens with one attached hydrogen (secondary N) is 2. The zero-order chi connectivity index (χ0) is 20.4. The van der Waals surface area contributed by atoms with Crippen molar-refractivity contribution in [2.45, 2.75) is 19.9 Å². The van der Waals surface area contributed by atoms with Crippen molar-refractivity contribution < 1.29 is 14.0 Å². The van der Waals surface area contributed by atoms with Gasteiger partial charge in [0.05, 0.1) is 29.0 Å². The summed E-state index contributed by atoms with van der Waals surface area (Å²) >= 11 is 0. The molecule has 4 rings (SSSR count). The van der Waals surface area contributed by atoms with E-state index in [0.717, 1.165) is 0 Å². The molecule has 9 nitrogen and oxygen atoms in total. The van der Waals surface area contributed by atoms with Crippen molar-refractivity contribution >= 4 is 22.8 Å². The summed E-state index contributed by atoms with van der Waals surface area (Å²) in [6.07, 6.45) is 6.10. The lowest BCUT2D eigenvalue weighted by atomic mass is 10.1. The van der Waals surface area contributed by atoms with Crippen molar-refractivity contribution in [2.24, 2.45) is 0 Å². The van der Waals surface area contributed by atoms with Gasteiger partial charge in [0.1, 0.15) is 5.69 Å². The van der Waals surface area contributed by atoms with Gasteiger partial charge in [-0.05, 0) is 44.2 Å². The number of nitrogens with zero attached hydrogens (tertiary/aromatic N) is 4. The molecular weight excluding hydrogens is 372 g/mol. The minimum atomic E-state index is -0.495. The van der Waals surface area contributed by atoms with E-state index in [2.05, 4.69) is 25.9 Å². The fourth-order valence-electron chi connectivity index (χ4n) is 2.88. The van der Waals surface area contributed by atoms with Crippen LogP contribution in [-0.2, 0) is 0 Å². The van der Waals surface area contributed by atoms with Gasteiger partial charge < -0.3 is 4.42 Å². The molecule has 0 aliphatic rings. The Bertz CT molecular complexity index is 1170. The van der Waals surface area contributed by atoms with Crippen LogP contribution in [0.25, 0.3) is 22.5 Å². The molecule has 0 aliphatic carbocycles. The average molecular weight is 390 g/mol. The van der Waals surface area contributed by atoms with Crippen molar-refractivity contribution in [3.05, 3.63) is 66.3 Å². The fourth-order valence-corrected chi connectivity index (χ4v) is 2.88. The Morgan fingerprint density at radius 2 is 1.93 bits per heavy atom. The van der Waals surface area contributed by atoms with Crippen molar-refractivity contribution in [3.63, 3.8) is 0 Å². The van der Waals surface area contributed by atoms with Crippen LogP contribution < -0.4 is 10.9 Å². The summed E-state index contributed by atoms with van der Waals surface area (Å²) in [6, 6.07) is 8.40. The van der Waals surface area contributed by atoms with Crippen LogP contribution in [0.3, 0.4) is 0 Å². The second-order valence-electron chi connectivity index (χ2n) is 6.60. The first-order chi connectivity index (χ1) is 14.0. The number of rotatable bonds is 4. The SMILES string of the molecule is CC(C)n1ncc2c(C(=O)NNC(=O)c3cccnc3)cc(-c3ccco3)nc21. The highest BCUT2D eigenvalue weighted by molar-refractivity contribution is 6.07. The number of carbonyl (C=O) groups is 2. The number of aromatic nitrogens is 4. The van der Waals surface area contributed by atoms with Gasteiger partial charge >= 0.3 is 0 Å². The zero-order valence-electron chi connectivity index (χ0n) is 15.8. The van der Waals surface area contributed by atoms with Gasteiger partial charge in [0.15, 0.2) is 11.4 Å². The van der Waals surface area contributed by atoms with E-state index in [9.17, 15) is 9.59 Å². The minimum Gasteiger partial charge on any atom is -0.463 e. The molecule has 2 N–H and O–H groups in total. The molecule has 9 heteroatoms. The Morgan fingerprint density at radius 3 is 2.62 bits per heavy atom. The van der Waals surface area contributed by atoms with Crippen molar-refractivity contribution in [2.75, 3.05) is 0 Å². The molecule has 2 amide bonds. The molecule has 0 saturated carbocycles. The van der Waals surface area contributed by atoms with Crippen LogP contribution in [0.1, 0.15) is 40.6 Å². The minimum absolute atomic E-state index is 0.0491. The maximum absolute atomic E-state index is 12.9. The molecule has 0 fully saturated rings. The summed E-state index contributed by atoms with van der Waals surface area (Å²) in [7, 11) is 0. The van der Waals surface area contributed by atoms with Gasteiger partial charge in [-0.15, -0.1) is 0 Å². The molecule has 0 atom stereocenters. The van der Waals surface area contributed by atoms with E-state index in [4.69, 9.17) is 4.42 Å². The normalized spacial score (nSPS) is 11.0. The molecule has 0 bridgehead atoms. The van der Waals surface area contributed by atoms with Crippen LogP contribution in [0.15, 0.2) is 59.6 Å². The first kappa shape index (κ1) is 18.4. The van der Waals surface area contributed by atoms with Gasteiger partial charge in [-0.3, -0.25) is 25.4 Å². The van der Waals surface area contributed by atoms with E-state index in [1.807, 2.05) is 13.8 Å². The molecule has 146 valence electrons. The van der Waals surface area contributed by atoms with Gasteiger partial charge in [-0.1, -0.05) is 0 Å². The Kier molecular flexibility index (Phi) is 4.78. The highest BCUT2D eigenvalue weighted by atomic mass is 16.3. The van der Waals surface area contributed by atoms with Crippen molar-refractivity contribution in [1.82, 2.24) is 30.6 Å². The molecule has 0 aliphatic heterocycles. The zero-order valence-corrected chi connectivity index (χ0v) is 15.8. The number of hydrazine groups is 1. The molecule has 0 unspecified atom stereocenters. The summed E-state index contributed by atoms with van der Waals surface area (Å²) in [6.45, 7) is 3.95. The Balaban J connectivity index is 1.68. The van der Waals surface area contributed by atoms with Gasteiger partial charge in [-0.25, -0.2) is 9.67 Å². The highest BCUT2D eigenvalue weighted by Crippen LogP contribution is 2.26. The van der Waals surface area contributed by atoms with Crippen LogP contribution in [0.5, 0.6) is 0 Å². The number of furan rings is 1. The maximum atomic E-state index is 12.9. The van der Waals surface area contributed by atoms with E-state index in [1.165, 1.54) is 12.5 Å². The number of hydrogen-bond donors (Lipinski definition) is 2. The summed E-state index contributed by atoms with van der Waals surface area (Å²) in [4.78, 5) is 33.5. The monoisotopic (exact) mass is 390 g/mol. The maximum Gasteiger partial charge on any atom is 0.271 e. The van der Waals surface area contributed by atoms with Gasteiger partial charge in [0.2, 0.25) is 0 Å². The molecule has 29 heavy (non-hydrogen) atoms. The Morgan fingerprint density at radius 1 is 1.10 bits per heavy atom. The molecule has 0 aromatic carbocycles. The molecule has 4 aromatic rings. The molecule has 0 spiro atoms. The predicted octanol–water partition coefficient (Wildman–Crippen LogP) is 2.74. The molecule has 0 saturated heterocycles. The molecule has 0 radical (unpaired) electrons. The molecular formula is C20H18N6O3. The van der Waals surface area contributed by atoms with E-state index < -0.39 is 11.8 Å². The quantitative estimate of drug-likeness (QED) is 0.518. The average Bonchev–Trinajstić information content (AvgIpc) is 3.41. The van der Waals surface area contributed by atoms with E-state index in [1.54, 1.807) is 47.4 Å². The largest absolute Gasteiger partial charge is 0.463 e. The van der Waals surface area contributed by atoms with Crippen LogP contribution >= 0.6 is 0 Å². The molecule has 4 aromatic heterocycles. The van der Waals surface area contributed by atoms with Gasteiger partial charge in [0.25, 0.3) is 11.8 Å². The lowest BCUT2D eigenvalue weighted by Crippen LogP contribution is -2.41. The number of carbonyl (C=O) groups excluding carboxylic acids is 2. The van der Waals surface area contributed by atoms with Crippen molar-refractivity contribution in [1.29, 1.82) is 0 Å².